The highest BCUT2D eigenvalue weighted by atomic mass is 19.1. The monoisotopic (exact) mass is 199 g/mol. The Kier molecular flexibility index (Phi) is 4.01. The molecule has 3 heteroatoms. The van der Waals surface area contributed by atoms with E-state index in [-0.39, 0.29) is 5.82 Å². The molecule has 1 aromatic carbocycles. The molecule has 0 heterocycles. The molecule has 0 saturated carbocycles. The Morgan fingerprint density at radius 2 is 2.07 bits per heavy atom. The predicted octanol–water partition coefficient (Wildman–Crippen LogP) is 2.85. The van der Waals surface area contributed by atoms with Crippen LogP contribution in [0.2, 0.25) is 0 Å². The number of halogens is 2. The first-order valence-corrected chi connectivity index (χ1v) is 4.80. The van der Waals surface area contributed by atoms with E-state index in [1.165, 1.54) is 6.07 Å². The summed E-state index contributed by atoms with van der Waals surface area (Å²) < 4.78 is 25.9. The minimum absolute atomic E-state index is 0.317. The topological polar surface area (TPSA) is 12.0 Å². The zero-order valence-electron chi connectivity index (χ0n) is 8.48. The Morgan fingerprint density at radius 3 is 2.71 bits per heavy atom. The van der Waals surface area contributed by atoms with Gasteiger partial charge < -0.3 is 5.32 Å². The second-order valence-electron chi connectivity index (χ2n) is 3.43. The van der Waals surface area contributed by atoms with Crippen LogP contribution in [-0.2, 0) is 6.54 Å². The molecule has 0 fully saturated rings. The Morgan fingerprint density at radius 1 is 1.36 bits per heavy atom. The Bertz CT molecular complexity index is 299. The third-order valence-electron chi connectivity index (χ3n) is 2.26. The maximum Gasteiger partial charge on any atom is 0.127 e. The summed E-state index contributed by atoms with van der Waals surface area (Å²) in [4.78, 5) is 0. The van der Waals surface area contributed by atoms with E-state index in [1.54, 1.807) is 0 Å². The van der Waals surface area contributed by atoms with Gasteiger partial charge in [0, 0.05) is 18.2 Å². The summed E-state index contributed by atoms with van der Waals surface area (Å²) in [7, 11) is 0. The molecule has 0 aliphatic heterocycles. The second kappa shape index (κ2) is 5.05. The molecule has 14 heavy (non-hydrogen) atoms. The zero-order chi connectivity index (χ0) is 10.6. The molecule has 1 N–H and O–H groups in total. The lowest BCUT2D eigenvalue weighted by Gasteiger charge is -2.11. The highest BCUT2D eigenvalue weighted by Gasteiger charge is 2.04. The Hall–Kier alpha value is -0.960. The van der Waals surface area contributed by atoms with Crippen LogP contribution in [0.4, 0.5) is 8.78 Å². The van der Waals surface area contributed by atoms with E-state index in [4.69, 9.17) is 0 Å². The SMILES string of the molecule is CC[C@H](C)NCc1cc(F)ccc1F. The summed E-state index contributed by atoms with van der Waals surface area (Å²) in [5, 5.41) is 3.11. The van der Waals surface area contributed by atoms with E-state index in [1.807, 2.05) is 13.8 Å². The standard InChI is InChI=1S/C11H15F2N/c1-3-8(2)14-7-9-6-10(12)4-5-11(9)13/h4-6,8,14H,3,7H2,1-2H3/t8-/m0/s1. The van der Waals surface area contributed by atoms with Gasteiger partial charge in [0.1, 0.15) is 11.6 Å². The van der Waals surface area contributed by atoms with Crippen molar-refractivity contribution in [2.45, 2.75) is 32.9 Å². The van der Waals surface area contributed by atoms with Gasteiger partial charge in [-0.25, -0.2) is 8.78 Å². The third kappa shape index (κ3) is 3.07. The maximum atomic E-state index is 13.1. The van der Waals surface area contributed by atoms with E-state index < -0.39 is 5.82 Å². The van der Waals surface area contributed by atoms with E-state index in [0.717, 1.165) is 18.6 Å². The van der Waals surface area contributed by atoms with Gasteiger partial charge >= 0.3 is 0 Å². The van der Waals surface area contributed by atoms with Crippen molar-refractivity contribution in [1.82, 2.24) is 5.32 Å². The smallest absolute Gasteiger partial charge is 0.127 e. The van der Waals surface area contributed by atoms with Gasteiger partial charge in [0.25, 0.3) is 0 Å². The van der Waals surface area contributed by atoms with Crippen molar-refractivity contribution in [3.05, 3.63) is 35.4 Å². The van der Waals surface area contributed by atoms with Crippen molar-refractivity contribution in [2.24, 2.45) is 0 Å². The molecule has 0 aromatic heterocycles. The van der Waals surface area contributed by atoms with Gasteiger partial charge in [-0.2, -0.15) is 0 Å². The zero-order valence-corrected chi connectivity index (χ0v) is 8.48. The molecular formula is C11H15F2N. The fourth-order valence-corrected chi connectivity index (χ4v) is 1.11. The van der Waals surface area contributed by atoms with Gasteiger partial charge in [-0.15, -0.1) is 0 Å². The summed E-state index contributed by atoms with van der Waals surface area (Å²) in [6.07, 6.45) is 0.969. The van der Waals surface area contributed by atoms with Crippen molar-refractivity contribution in [2.75, 3.05) is 0 Å². The van der Waals surface area contributed by atoms with E-state index in [9.17, 15) is 8.78 Å². The summed E-state index contributed by atoms with van der Waals surface area (Å²) in [6.45, 7) is 4.43. The van der Waals surface area contributed by atoms with Crippen molar-refractivity contribution in [3.8, 4) is 0 Å². The third-order valence-corrected chi connectivity index (χ3v) is 2.26. The van der Waals surface area contributed by atoms with E-state index in [2.05, 4.69) is 5.32 Å². The van der Waals surface area contributed by atoms with Gasteiger partial charge in [-0.1, -0.05) is 6.92 Å². The summed E-state index contributed by atoms with van der Waals surface area (Å²) in [5.74, 6) is -0.755. The molecule has 0 amide bonds. The Labute approximate surface area is 83.1 Å². The normalized spacial score (nSPS) is 12.9. The van der Waals surface area contributed by atoms with E-state index >= 15 is 0 Å². The number of hydrogen-bond donors (Lipinski definition) is 1. The van der Waals surface area contributed by atoms with Crippen LogP contribution in [0.15, 0.2) is 18.2 Å². The quantitative estimate of drug-likeness (QED) is 0.786. The maximum absolute atomic E-state index is 13.1. The lowest BCUT2D eigenvalue weighted by molar-refractivity contribution is 0.512. The van der Waals surface area contributed by atoms with Gasteiger partial charge in [0.15, 0.2) is 0 Å². The fraction of sp³-hybridized carbons (Fsp3) is 0.455. The fourth-order valence-electron chi connectivity index (χ4n) is 1.11. The number of rotatable bonds is 4. The highest BCUT2D eigenvalue weighted by molar-refractivity contribution is 5.18. The summed E-state index contributed by atoms with van der Waals surface area (Å²) in [5.41, 5.74) is 0.380. The molecule has 0 spiro atoms. The first kappa shape index (κ1) is 11.1. The average Bonchev–Trinajstić information content (AvgIpc) is 2.19. The van der Waals surface area contributed by atoms with Crippen LogP contribution in [0.3, 0.4) is 0 Å². The summed E-state index contributed by atoms with van der Waals surface area (Å²) in [6, 6.07) is 3.83. The van der Waals surface area contributed by atoms with Crippen LogP contribution < -0.4 is 5.32 Å². The lowest BCUT2D eigenvalue weighted by atomic mass is 10.2. The van der Waals surface area contributed by atoms with Gasteiger partial charge in [0.05, 0.1) is 0 Å². The van der Waals surface area contributed by atoms with Crippen LogP contribution in [0, 0.1) is 11.6 Å². The minimum Gasteiger partial charge on any atom is -0.310 e. The Balaban J connectivity index is 2.62. The molecule has 0 aliphatic carbocycles. The van der Waals surface area contributed by atoms with Crippen molar-refractivity contribution in [3.63, 3.8) is 0 Å². The van der Waals surface area contributed by atoms with Crippen LogP contribution in [0.1, 0.15) is 25.8 Å². The van der Waals surface area contributed by atoms with Gasteiger partial charge in [-0.05, 0) is 31.5 Å². The highest BCUT2D eigenvalue weighted by Crippen LogP contribution is 2.09. The molecule has 0 bridgehead atoms. The molecule has 0 radical (unpaired) electrons. The molecule has 78 valence electrons. The molecule has 0 saturated heterocycles. The van der Waals surface area contributed by atoms with Crippen molar-refractivity contribution in [1.29, 1.82) is 0 Å². The molecule has 1 atom stereocenters. The van der Waals surface area contributed by atoms with Crippen LogP contribution in [-0.4, -0.2) is 6.04 Å². The van der Waals surface area contributed by atoms with Crippen LogP contribution in [0.25, 0.3) is 0 Å². The average molecular weight is 199 g/mol. The molecule has 1 aromatic rings. The van der Waals surface area contributed by atoms with E-state index in [0.29, 0.717) is 18.2 Å². The number of benzene rings is 1. The van der Waals surface area contributed by atoms with Crippen molar-refractivity contribution < 1.29 is 8.78 Å². The molecule has 0 unspecified atom stereocenters. The van der Waals surface area contributed by atoms with Crippen molar-refractivity contribution >= 4 is 0 Å². The predicted molar refractivity (Wildman–Crippen MR) is 53.0 cm³/mol. The van der Waals surface area contributed by atoms with Crippen LogP contribution >= 0.6 is 0 Å². The molecule has 1 nitrogen and oxygen atoms in total. The molecular weight excluding hydrogens is 184 g/mol. The second-order valence-corrected chi connectivity index (χ2v) is 3.43. The number of hydrogen-bond acceptors (Lipinski definition) is 1. The van der Waals surface area contributed by atoms with Gasteiger partial charge in [0.2, 0.25) is 0 Å². The largest absolute Gasteiger partial charge is 0.310 e. The first-order chi connectivity index (χ1) is 6.63. The first-order valence-electron chi connectivity index (χ1n) is 4.80. The molecule has 0 aliphatic rings. The number of nitrogens with one attached hydrogen (secondary N) is 1. The van der Waals surface area contributed by atoms with Gasteiger partial charge in [-0.3, -0.25) is 0 Å². The summed E-state index contributed by atoms with van der Waals surface area (Å²) >= 11 is 0. The lowest BCUT2D eigenvalue weighted by Crippen LogP contribution is -2.24. The minimum atomic E-state index is -0.396. The molecule has 1 rings (SSSR count). The van der Waals surface area contributed by atoms with Crippen LogP contribution in [0.5, 0.6) is 0 Å².